The molecule has 0 radical (unpaired) electrons. The van der Waals surface area contributed by atoms with Crippen molar-refractivity contribution in [1.29, 1.82) is 0 Å². The summed E-state index contributed by atoms with van der Waals surface area (Å²) in [5.74, 6) is -25.2. The number of hydrogen-bond donors (Lipinski definition) is 3. The average Bonchev–Trinajstić information content (AvgIpc) is 2.91. The van der Waals surface area contributed by atoms with Crippen LogP contribution in [-0.4, -0.2) is 65.1 Å². The lowest BCUT2D eigenvalue weighted by Crippen LogP contribution is -2.64. The average molecular weight is 704 g/mol. The standard InChI is InChI=1S/C19H20F9N3O4.C11H14O2/c1-15(2,3)35-14(34)31-11(12(29)32)8-9-4-6-10(7-5-9)30-13(33)16(20,21)17(22,23)18(24,25)19(26,27)28;1-11(2,3)13-10(12)9-7-5-4-6-8-9/h4-7,11H,8H2,1-3H3,(H2,29,32)(H,30,33)(H,31,34);4-8H,1-3H3/t11-;/m0./s1. The number of alkyl carbamates (subject to hydrolysis) is 1. The second-order valence-electron chi connectivity index (χ2n) is 12.0. The second kappa shape index (κ2) is 15.1. The quantitative estimate of drug-likeness (QED) is 0.198. The number of carbonyl (C=O) groups excluding carboxylic acids is 4. The molecule has 0 aliphatic rings. The molecule has 2 aromatic carbocycles. The fourth-order valence-corrected chi connectivity index (χ4v) is 3.27. The maximum absolute atomic E-state index is 13.6. The number of alkyl halides is 9. The van der Waals surface area contributed by atoms with Crippen LogP contribution in [0, 0.1) is 0 Å². The zero-order chi connectivity index (χ0) is 37.5. The van der Waals surface area contributed by atoms with E-state index in [2.05, 4.69) is 5.32 Å². The number of carbonyl (C=O) groups is 4. The first kappa shape index (κ1) is 41.5. The number of halogens is 9. The predicted octanol–water partition coefficient (Wildman–Crippen LogP) is 6.66. The van der Waals surface area contributed by atoms with E-state index in [1.807, 2.05) is 39.0 Å². The van der Waals surface area contributed by atoms with Crippen LogP contribution in [0.15, 0.2) is 54.6 Å². The number of amides is 3. The van der Waals surface area contributed by atoms with Gasteiger partial charge in [-0.15, -0.1) is 0 Å². The van der Waals surface area contributed by atoms with Crippen LogP contribution in [-0.2, 0) is 25.5 Å². The van der Waals surface area contributed by atoms with Crippen molar-refractivity contribution in [2.24, 2.45) is 5.73 Å². The minimum absolute atomic E-state index is 0.184. The fraction of sp³-hybridized carbons (Fsp3) is 0.467. The number of hydrogen-bond acceptors (Lipinski definition) is 6. The van der Waals surface area contributed by atoms with Crippen molar-refractivity contribution in [1.82, 2.24) is 5.32 Å². The van der Waals surface area contributed by atoms with E-state index < -0.39 is 64.8 Å². The third-order valence-electron chi connectivity index (χ3n) is 5.52. The highest BCUT2D eigenvalue weighted by Crippen LogP contribution is 2.53. The minimum atomic E-state index is -7.21. The van der Waals surface area contributed by atoms with Crippen LogP contribution < -0.4 is 16.4 Å². The first-order valence-electron chi connectivity index (χ1n) is 13.7. The van der Waals surface area contributed by atoms with Crippen LogP contribution >= 0.6 is 0 Å². The Balaban J connectivity index is 0.000000735. The van der Waals surface area contributed by atoms with Crippen molar-refractivity contribution in [3.05, 3.63) is 65.7 Å². The highest BCUT2D eigenvalue weighted by molar-refractivity contribution is 5.97. The molecule has 18 heteroatoms. The Morgan fingerprint density at radius 1 is 0.708 bits per heavy atom. The van der Waals surface area contributed by atoms with Crippen molar-refractivity contribution in [2.75, 3.05) is 5.32 Å². The molecule has 0 unspecified atom stereocenters. The monoisotopic (exact) mass is 703 g/mol. The van der Waals surface area contributed by atoms with Gasteiger partial charge in [-0.1, -0.05) is 30.3 Å². The number of anilines is 1. The lowest BCUT2D eigenvalue weighted by Gasteiger charge is -2.32. The molecule has 0 bridgehead atoms. The molecule has 2 rings (SSSR count). The Bertz CT molecular complexity index is 1420. The van der Waals surface area contributed by atoms with Gasteiger partial charge in [0.2, 0.25) is 5.91 Å². The topological polar surface area (TPSA) is 137 Å². The van der Waals surface area contributed by atoms with Crippen molar-refractivity contribution >= 4 is 29.6 Å². The van der Waals surface area contributed by atoms with E-state index in [0.717, 1.165) is 29.6 Å². The number of benzene rings is 2. The van der Waals surface area contributed by atoms with Gasteiger partial charge in [0.05, 0.1) is 5.56 Å². The Labute approximate surface area is 269 Å². The molecule has 0 aromatic heterocycles. The molecule has 0 fully saturated rings. The molecular formula is C30H34F9N3O6. The molecule has 0 saturated heterocycles. The van der Waals surface area contributed by atoms with Gasteiger partial charge in [-0.2, -0.15) is 39.5 Å². The van der Waals surface area contributed by atoms with E-state index in [1.54, 1.807) is 32.9 Å². The summed E-state index contributed by atoms with van der Waals surface area (Å²) >= 11 is 0. The summed E-state index contributed by atoms with van der Waals surface area (Å²) in [5.41, 5.74) is 3.95. The molecule has 3 amide bonds. The van der Waals surface area contributed by atoms with Gasteiger partial charge in [0.15, 0.2) is 0 Å². The summed E-state index contributed by atoms with van der Waals surface area (Å²) in [6, 6.07) is 11.4. The number of nitrogens with one attached hydrogen (secondary N) is 2. The molecule has 48 heavy (non-hydrogen) atoms. The Kier molecular flexibility index (Phi) is 13.1. The smallest absolute Gasteiger partial charge is 0.456 e. The molecule has 0 aliphatic carbocycles. The zero-order valence-electron chi connectivity index (χ0n) is 26.4. The minimum Gasteiger partial charge on any atom is -0.456 e. The van der Waals surface area contributed by atoms with E-state index in [4.69, 9.17) is 15.2 Å². The summed E-state index contributed by atoms with van der Waals surface area (Å²) in [6.07, 6.45) is -8.34. The van der Waals surface area contributed by atoms with Gasteiger partial charge in [-0.05, 0) is 71.4 Å². The van der Waals surface area contributed by atoms with E-state index in [1.165, 1.54) is 0 Å². The molecule has 0 saturated carbocycles. The maximum Gasteiger partial charge on any atom is 0.460 e. The molecular weight excluding hydrogens is 669 g/mol. The van der Waals surface area contributed by atoms with Crippen LogP contribution in [0.25, 0.3) is 0 Å². The van der Waals surface area contributed by atoms with Crippen LogP contribution in [0.5, 0.6) is 0 Å². The molecule has 1 atom stereocenters. The van der Waals surface area contributed by atoms with E-state index in [-0.39, 0.29) is 18.0 Å². The van der Waals surface area contributed by atoms with E-state index in [0.29, 0.717) is 5.56 Å². The first-order chi connectivity index (χ1) is 21.5. The van der Waals surface area contributed by atoms with Crippen molar-refractivity contribution in [3.63, 3.8) is 0 Å². The van der Waals surface area contributed by atoms with Crippen LogP contribution in [0.2, 0.25) is 0 Å². The SMILES string of the molecule is CC(C)(C)OC(=O)N[C@@H](Cc1ccc(NC(=O)C(F)(F)C(F)(F)C(F)(F)C(F)(F)F)cc1)C(N)=O.CC(C)(C)OC(=O)c1ccccc1. The van der Waals surface area contributed by atoms with Crippen LogP contribution in [0.1, 0.15) is 57.5 Å². The van der Waals surface area contributed by atoms with Crippen molar-refractivity contribution < 1.29 is 68.2 Å². The van der Waals surface area contributed by atoms with E-state index >= 15 is 0 Å². The number of nitrogens with two attached hydrogens (primary N) is 1. The summed E-state index contributed by atoms with van der Waals surface area (Å²) < 4.78 is 126. The summed E-state index contributed by atoms with van der Waals surface area (Å²) in [6.45, 7) is 10.2. The molecule has 268 valence electrons. The normalized spacial score (nSPS) is 13.3. The van der Waals surface area contributed by atoms with Crippen molar-refractivity contribution in [3.8, 4) is 0 Å². The van der Waals surface area contributed by atoms with E-state index in [9.17, 15) is 58.7 Å². The van der Waals surface area contributed by atoms with Gasteiger partial charge in [-0.25, -0.2) is 9.59 Å². The zero-order valence-corrected chi connectivity index (χ0v) is 26.4. The van der Waals surface area contributed by atoms with Gasteiger partial charge in [0.1, 0.15) is 17.2 Å². The number of ether oxygens (including phenoxy) is 2. The Morgan fingerprint density at radius 2 is 1.19 bits per heavy atom. The van der Waals surface area contributed by atoms with Crippen LogP contribution in [0.4, 0.5) is 50.0 Å². The molecule has 2 aromatic rings. The molecule has 9 nitrogen and oxygen atoms in total. The highest BCUT2D eigenvalue weighted by Gasteiger charge is 2.83. The first-order valence-corrected chi connectivity index (χ1v) is 13.7. The lowest BCUT2D eigenvalue weighted by atomic mass is 10.0. The molecule has 0 spiro atoms. The largest absolute Gasteiger partial charge is 0.460 e. The molecule has 4 N–H and O–H groups in total. The third-order valence-corrected chi connectivity index (χ3v) is 5.52. The number of primary amides is 1. The van der Waals surface area contributed by atoms with Gasteiger partial charge in [-0.3, -0.25) is 9.59 Å². The van der Waals surface area contributed by atoms with Crippen LogP contribution in [0.3, 0.4) is 0 Å². The number of rotatable bonds is 9. The second-order valence-corrected chi connectivity index (χ2v) is 12.0. The van der Waals surface area contributed by atoms with Gasteiger partial charge >= 0.3 is 41.9 Å². The summed E-state index contributed by atoms with van der Waals surface area (Å²) in [7, 11) is 0. The van der Waals surface area contributed by atoms with Gasteiger partial charge in [0.25, 0.3) is 0 Å². The van der Waals surface area contributed by atoms with Gasteiger partial charge < -0.3 is 25.8 Å². The van der Waals surface area contributed by atoms with Crippen molar-refractivity contribution in [2.45, 2.75) is 89.2 Å². The summed E-state index contributed by atoms with van der Waals surface area (Å²) in [5, 5.41) is 3.30. The van der Waals surface area contributed by atoms with Gasteiger partial charge in [0, 0.05) is 12.1 Å². The molecule has 0 aliphatic heterocycles. The third kappa shape index (κ3) is 11.6. The summed E-state index contributed by atoms with van der Waals surface area (Å²) in [4.78, 5) is 46.3. The highest BCUT2D eigenvalue weighted by atomic mass is 19.4. The maximum atomic E-state index is 13.6. The number of esters is 1. The molecule has 0 heterocycles. The Morgan fingerprint density at radius 3 is 1.60 bits per heavy atom. The fourth-order valence-electron chi connectivity index (χ4n) is 3.27. The Hall–Kier alpha value is -4.51. The predicted molar refractivity (Wildman–Crippen MR) is 154 cm³/mol. The lowest BCUT2D eigenvalue weighted by molar-refractivity contribution is -0.388.